The van der Waals surface area contributed by atoms with Gasteiger partial charge in [-0.15, -0.1) is 0 Å². The van der Waals surface area contributed by atoms with Gasteiger partial charge in [0.2, 0.25) is 5.91 Å². The molecule has 0 spiro atoms. The molecule has 0 radical (unpaired) electrons. The van der Waals surface area contributed by atoms with E-state index in [0.717, 1.165) is 96.3 Å². The van der Waals surface area contributed by atoms with Gasteiger partial charge in [0.15, 0.2) is 0 Å². The first-order valence-corrected chi connectivity index (χ1v) is 25.4. The fraction of sp³-hybridized carbons (Fsp3) is 0.603. The molecular weight excluding hydrogens is 759 g/mol. The number of hydrogen-bond acceptors (Lipinski definition) is 3. The van der Waals surface area contributed by atoms with Crippen LogP contribution >= 0.6 is 0 Å². The molecule has 0 aliphatic heterocycles. The van der Waals surface area contributed by atoms with Gasteiger partial charge in [-0.25, -0.2) is 0 Å². The lowest BCUT2D eigenvalue weighted by molar-refractivity contribution is -0.123. The van der Waals surface area contributed by atoms with Crippen LogP contribution in [0.1, 0.15) is 206 Å². The minimum atomic E-state index is -0.876. The van der Waals surface area contributed by atoms with E-state index in [2.05, 4.69) is 141 Å². The number of carbonyl (C=O) groups is 1. The highest BCUT2D eigenvalue weighted by molar-refractivity contribution is 5.76. The molecular formula is C58H95NO3. The van der Waals surface area contributed by atoms with Crippen LogP contribution in [0.3, 0.4) is 0 Å². The second-order valence-electron chi connectivity index (χ2n) is 16.5. The lowest BCUT2D eigenvalue weighted by Gasteiger charge is -2.19. The third kappa shape index (κ3) is 47.6. The van der Waals surface area contributed by atoms with Gasteiger partial charge in [0.1, 0.15) is 0 Å². The monoisotopic (exact) mass is 854 g/mol. The number of hydrogen-bond donors (Lipinski definition) is 3. The molecule has 0 bridgehead atoms. The van der Waals surface area contributed by atoms with Gasteiger partial charge in [-0.3, -0.25) is 4.79 Å². The van der Waals surface area contributed by atoms with Crippen molar-refractivity contribution >= 4 is 5.91 Å². The summed E-state index contributed by atoms with van der Waals surface area (Å²) in [5, 5.41) is 22.9. The Morgan fingerprint density at radius 2 is 0.726 bits per heavy atom. The van der Waals surface area contributed by atoms with Crippen LogP contribution < -0.4 is 5.32 Å². The fourth-order valence-corrected chi connectivity index (χ4v) is 6.76. The van der Waals surface area contributed by atoms with E-state index in [4.69, 9.17) is 0 Å². The Kier molecular flexibility index (Phi) is 49.0. The second kappa shape index (κ2) is 51.9. The summed E-state index contributed by atoms with van der Waals surface area (Å²) >= 11 is 0. The zero-order valence-electron chi connectivity index (χ0n) is 40.1. The second-order valence-corrected chi connectivity index (χ2v) is 16.5. The van der Waals surface area contributed by atoms with Crippen LogP contribution in [0.15, 0.2) is 134 Å². The Morgan fingerprint density at radius 3 is 1.11 bits per heavy atom. The van der Waals surface area contributed by atoms with Crippen LogP contribution in [0.4, 0.5) is 0 Å². The molecule has 0 aromatic heterocycles. The van der Waals surface area contributed by atoms with E-state index in [1.165, 1.54) is 89.9 Å². The molecule has 0 aromatic rings. The van der Waals surface area contributed by atoms with Crippen LogP contribution in [0, 0.1) is 0 Å². The van der Waals surface area contributed by atoms with Crippen molar-refractivity contribution in [1.82, 2.24) is 5.32 Å². The molecule has 62 heavy (non-hydrogen) atoms. The van der Waals surface area contributed by atoms with Gasteiger partial charge in [-0.05, 0) is 103 Å². The first-order chi connectivity index (χ1) is 30.7. The van der Waals surface area contributed by atoms with Crippen molar-refractivity contribution in [2.24, 2.45) is 0 Å². The molecule has 4 nitrogen and oxygen atoms in total. The summed E-state index contributed by atoms with van der Waals surface area (Å²) in [6, 6.07) is -0.652. The van der Waals surface area contributed by atoms with Gasteiger partial charge >= 0.3 is 0 Å². The summed E-state index contributed by atoms with van der Waals surface area (Å²) in [7, 11) is 0. The van der Waals surface area contributed by atoms with Crippen LogP contribution in [-0.4, -0.2) is 34.9 Å². The maximum atomic E-state index is 12.4. The van der Waals surface area contributed by atoms with Crippen molar-refractivity contribution in [3.63, 3.8) is 0 Å². The quantitative estimate of drug-likeness (QED) is 0.0422. The summed E-state index contributed by atoms with van der Waals surface area (Å²) in [4.78, 5) is 12.4. The number of nitrogens with one attached hydrogen (secondary N) is 1. The predicted molar refractivity (Wildman–Crippen MR) is 275 cm³/mol. The van der Waals surface area contributed by atoms with Gasteiger partial charge < -0.3 is 15.5 Å². The molecule has 0 aromatic carbocycles. The van der Waals surface area contributed by atoms with Crippen LogP contribution in [0.25, 0.3) is 0 Å². The number of aliphatic hydroxyl groups is 2. The number of rotatable bonds is 44. The van der Waals surface area contributed by atoms with Crippen LogP contribution in [0.2, 0.25) is 0 Å². The molecule has 4 heteroatoms. The predicted octanol–water partition coefficient (Wildman–Crippen LogP) is 16.7. The van der Waals surface area contributed by atoms with Crippen molar-refractivity contribution in [1.29, 1.82) is 0 Å². The number of amides is 1. The van der Waals surface area contributed by atoms with Gasteiger partial charge in [0.25, 0.3) is 0 Å². The smallest absolute Gasteiger partial charge is 0.220 e. The number of unbranched alkanes of at least 4 members (excludes halogenated alkanes) is 17. The SMILES string of the molecule is CC/C=C\C/C=C\C/C=C\C/C=C\C/C=C\C/C=C\C/C=C\C/C=C\CCCCCCCCCCCCCCCCC(=O)NC(CO)C(O)/C=C/CC/C=C/CC/C=C/CCC. The summed E-state index contributed by atoms with van der Waals surface area (Å²) in [5.74, 6) is -0.0865. The molecule has 350 valence electrons. The third-order valence-electron chi connectivity index (χ3n) is 10.6. The van der Waals surface area contributed by atoms with E-state index >= 15 is 0 Å². The molecule has 0 saturated carbocycles. The number of carbonyl (C=O) groups excluding carboxylic acids is 1. The normalized spacial score (nSPS) is 14.1. The van der Waals surface area contributed by atoms with E-state index in [1.54, 1.807) is 6.08 Å². The Labute approximate surface area is 383 Å². The average molecular weight is 854 g/mol. The lowest BCUT2D eigenvalue weighted by Crippen LogP contribution is -2.45. The molecule has 0 rings (SSSR count). The first-order valence-electron chi connectivity index (χ1n) is 25.4. The molecule has 3 N–H and O–H groups in total. The molecule has 0 saturated heterocycles. The van der Waals surface area contributed by atoms with E-state index in [9.17, 15) is 15.0 Å². The van der Waals surface area contributed by atoms with Crippen molar-refractivity contribution in [2.45, 2.75) is 219 Å². The molecule has 0 fully saturated rings. The Hall–Kier alpha value is -3.47. The topological polar surface area (TPSA) is 69.6 Å². The summed E-state index contributed by atoms with van der Waals surface area (Å²) in [6.07, 6.45) is 81.7. The van der Waals surface area contributed by atoms with E-state index in [-0.39, 0.29) is 12.5 Å². The minimum absolute atomic E-state index is 0.0865. The summed E-state index contributed by atoms with van der Waals surface area (Å²) in [6.45, 7) is 4.09. The van der Waals surface area contributed by atoms with Gasteiger partial charge in [0.05, 0.1) is 18.8 Å². The Bertz CT molecular complexity index is 1290. The average Bonchev–Trinajstić information content (AvgIpc) is 3.28. The van der Waals surface area contributed by atoms with Crippen molar-refractivity contribution < 1.29 is 15.0 Å². The Morgan fingerprint density at radius 1 is 0.403 bits per heavy atom. The highest BCUT2D eigenvalue weighted by atomic mass is 16.3. The van der Waals surface area contributed by atoms with Crippen molar-refractivity contribution in [3.05, 3.63) is 134 Å². The largest absolute Gasteiger partial charge is 0.394 e. The summed E-state index contributed by atoms with van der Waals surface area (Å²) < 4.78 is 0. The van der Waals surface area contributed by atoms with Gasteiger partial charge in [-0.2, -0.15) is 0 Å². The number of allylic oxidation sites excluding steroid dienone is 21. The molecule has 1 amide bonds. The first kappa shape index (κ1) is 58.5. The van der Waals surface area contributed by atoms with Crippen LogP contribution in [0.5, 0.6) is 0 Å². The van der Waals surface area contributed by atoms with Gasteiger partial charge in [-0.1, -0.05) is 231 Å². The van der Waals surface area contributed by atoms with E-state index in [0.29, 0.717) is 6.42 Å². The molecule has 0 heterocycles. The summed E-state index contributed by atoms with van der Waals surface area (Å²) in [5.41, 5.74) is 0. The van der Waals surface area contributed by atoms with Crippen molar-refractivity contribution in [3.8, 4) is 0 Å². The molecule has 2 atom stereocenters. The van der Waals surface area contributed by atoms with E-state index in [1.807, 2.05) is 6.08 Å². The third-order valence-corrected chi connectivity index (χ3v) is 10.6. The van der Waals surface area contributed by atoms with Crippen molar-refractivity contribution in [2.75, 3.05) is 6.61 Å². The molecule has 0 aliphatic rings. The minimum Gasteiger partial charge on any atom is -0.394 e. The molecule has 0 aliphatic carbocycles. The lowest BCUT2D eigenvalue weighted by atomic mass is 10.0. The zero-order valence-corrected chi connectivity index (χ0v) is 40.1. The Balaban J connectivity index is 3.57. The maximum Gasteiger partial charge on any atom is 0.220 e. The highest BCUT2D eigenvalue weighted by Crippen LogP contribution is 2.14. The standard InChI is InChI=1S/C58H95NO3/c1-3-5-7-9-11-13-15-16-17-18-19-20-21-22-23-24-25-26-27-28-29-30-31-32-33-34-35-36-37-38-39-40-41-42-44-46-48-50-52-54-58(62)59-56(55-60)57(61)53-51-49-47-45-43-14-12-10-8-6-4-2/h5,7-8,10-11,13,16-17,19-20,22-23,25-26,28-29,31-32,43,45,51,53,56-57,60-61H,3-4,6,9,12,14-15,18,21,24,27,30,33-42,44,46-50,52,54-55H2,1-2H3,(H,59,62)/b7-5-,10-8+,13-11-,17-16-,20-19-,23-22-,26-25-,29-28-,32-31-,45-43+,53-51+. The van der Waals surface area contributed by atoms with Crippen LogP contribution in [-0.2, 0) is 4.79 Å². The molecule has 2 unspecified atom stereocenters. The maximum absolute atomic E-state index is 12.4. The van der Waals surface area contributed by atoms with Gasteiger partial charge in [0, 0.05) is 6.42 Å². The highest BCUT2D eigenvalue weighted by Gasteiger charge is 2.17. The van der Waals surface area contributed by atoms with E-state index < -0.39 is 12.1 Å². The zero-order chi connectivity index (χ0) is 44.9. The number of aliphatic hydroxyl groups excluding tert-OH is 2. The fourth-order valence-electron chi connectivity index (χ4n) is 6.76.